The molecule has 1 atom stereocenters. The van der Waals surface area contributed by atoms with Gasteiger partial charge >= 0.3 is 0 Å². The fourth-order valence-electron chi connectivity index (χ4n) is 3.62. The van der Waals surface area contributed by atoms with Crippen molar-refractivity contribution in [2.45, 2.75) is 19.4 Å². The third-order valence-electron chi connectivity index (χ3n) is 4.82. The lowest BCUT2D eigenvalue weighted by atomic mass is 9.87. The van der Waals surface area contributed by atoms with Crippen LogP contribution in [-0.2, 0) is 6.54 Å². The van der Waals surface area contributed by atoms with Crippen LogP contribution in [0.4, 0.5) is 0 Å². The summed E-state index contributed by atoms with van der Waals surface area (Å²) in [5.74, 6) is 1.69. The molecule has 2 aliphatic heterocycles. The topological polar surface area (TPSA) is 41.3 Å². The first-order valence-corrected chi connectivity index (χ1v) is 7.76. The molecule has 4 heteroatoms. The maximum Gasteiger partial charge on any atom is 0.209 e. The molecule has 0 amide bonds. The monoisotopic (exact) mass is 283 g/mol. The van der Waals surface area contributed by atoms with Crippen LogP contribution >= 0.6 is 0 Å². The van der Waals surface area contributed by atoms with Crippen LogP contribution in [0.25, 0.3) is 11.3 Å². The van der Waals surface area contributed by atoms with E-state index in [1.54, 1.807) is 0 Å². The smallest absolute Gasteiger partial charge is 0.209 e. The highest BCUT2D eigenvalue weighted by Gasteiger charge is 2.40. The molecule has 1 spiro atoms. The summed E-state index contributed by atoms with van der Waals surface area (Å²) in [4.78, 5) is 6.93. The second-order valence-electron chi connectivity index (χ2n) is 6.37. The maximum atomic E-state index is 5.91. The molecule has 2 aromatic rings. The Kier molecular flexibility index (Phi) is 3.28. The van der Waals surface area contributed by atoms with E-state index in [2.05, 4.69) is 27.3 Å². The first-order chi connectivity index (χ1) is 10.3. The number of hydrogen-bond donors (Lipinski definition) is 1. The standard InChI is InChI=1S/C17H21N3O/c1-2-4-14(5-3-1)15-10-19-16(21-15)11-20-9-7-17(13-20)6-8-18-12-17/h1-5,10,18H,6-9,11-13H2. The van der Waals surface area contributed by atoms with Crippen LogP contribution in [0.5, 0.6) is 0 Å². The summed E-state index contributed by atoms with van der Waals surface area (Å²) >= 11 is 0. The molecule has 4 nitrogen and oxygen atoms in total. The van der Waals surface area contributed by atoms with Crippen LogP contribution in [0.15, 0.2) is 40.9 Å². The predicted molar refractivity (Wildman–Crippen MR) is 81.8 cm³/mol. The number of benzene rings is 1. The molecule has 0 saturated carbocycles. The molecule has 0 aliphatic carbocycles. The number of likely N-dealkylation sites (tertiary alicyclic amines) is 1. The van der Waals surface area contributed by atoms with Crippen molar-refractivity contribution in [3.63, 3.8) is 0 Å². The van der Waals surface area contributed by atoms with Gasteiger partial charge in [0.25, 0.3) is 0 Å². The normalized spacial score (nSPS) is 25.9. The molecule has 4 rings (SSSR count). The minimum Gasteiger partial charge on any atom is -0.439 e. The summed E-state index contributed by atoms with van der Waals surface area (Å²) < 4.78 is 5.91. The van der Waals surface area contributed by atoms with Crippen LogP contribution in [0.1, 0.15) is 18.7 Å². The van der Waals surface area contributed by atoms with Crippen molar-refractivity contribution in [2.75, 3.05) is 26.2 Å². The molecule has 1 aromatic heterocycles. The molecule has 1 unspecified atom stereocenters. The molecule has 1 N–H and O–H groups in total. The number of nitrogens with one attached hydrogen (secondary N) is 1. The fraction of sp³-hybridized carbons (Fsp3) is 0.471. The van der Waals surface area contributed by atoms with E-state index in [1.165, 1.54) is 32.5 Å². The molecular formula is C17H21N3O. The highest BCUT2D eigenvalue weighted by molar-refractivity contribution is 5.55. The quantitative estimate of drug-likeness (QED) is 0.940. The summed E-state index contributed by atoms with van der Waals surface area (Å²) in [6.45, 7) is 5.50. The van der Waals surface area contributed by atoms with E-state index in [1.807, 2.05) is 24.4 Å². The van der Waals surface area contributed by atoms with Gasteiger partial charge in [0.05, 0.1) is 12.7 Å². The van der Waals surface area contributed by atoms with Crippen LogP contribution in [0.3, 0.4) is 0 Å². The van der Waals surface area contributed by atoms with Crippen molar-refractivity contribution >= 4 is 0 Å². The Bertz CT molecular complexity index is 602. The van der Waals surface area contributed by atoms with Gasteiger partial charge in [0.2, 0.25) is 5.89 Å². The van der Waals surface area contributed by atoms with E-state index >= 15 is 0 Å². The Morgan fingerprint density at radius 2 is 2.14 bits per heavy atom. The number of rotatable bonds is 3. The molecule has 3 heterocycles. The molecule has 0 radical (unpaired) electrons. The summed E-state index contributed by atoms with van der Waals surface area (Å²) in [6, 6.07) is 10.2. The highest BCUT2D eigenvalue weighted by Crippen LogP contribution is 2.36. The van der Waals surface area contributed by atoms with E-state index in [0.717, 1.165) is 30.3 Å². The van der Waals surface area contributed by atoms with E-state index < -0.39 is 0 Å². The average Bonchev–Trinajstić information content (AvgIpc) is 3.24. The van der Waals surface area contributed by atoms with Crippen molar-refractivity contribution in [3.8, 4) is 11.3 Å². The molecule has 2 fully saturated rings. The maximum absolute atomic E-state index is 5.91. The highest BCUT2D eigenvalue weighted by atomic mass is 16.4. The van der Waals surface area contributed by atoms with Gasteiger partial charge in [-0.25, -0.2) is 4.98 Å². The van der Waals surface area contributed by atoms with Gasteiger partial charge in [-0.3, -0.25) is 4.90 Å². The Hall–Kier alpha value is -1.65. The largest absolute Gasteiger partial charge is 0.439 e. The zero-order valence-corrected chi connectivity index (χ0v) is 12.2. The van der Waals surface area contributed by atoms with Gasteiger partial charge in [0.1, 0.15) is 0 Å². The van der Waals surface area contributed by atoms with Crippen LogP contribution < -0.4 is 5.32 Å². The van der Waals surface area contributed by atoms with Gasteiger partial charge in [-0.15, -0.1) is 0 Å². The summed E-state index contributed by atoms with van der Waals surface area (Å²) in [7, 11) is 0. The van der Waals surface area contributed by atoms with Crippen LogP contribution in [-0.4, -0.2) is 36.1 Å². The van der Waals surface area contributed by atoms with Gasteiger partial charge in [-0.2, -0.15) is 0 Å². The van der Waals surface area contributed by atoms with Gasteiger partial charge in [-0.1, -0.05) is 30.3 Å². The fourth-order valence-corrected chi connectivity index (χ4v) is 3.62. The summed E-state index contributed by atoms with van der Waals surface area (Å²) in [6.07, 6.45) is 4.45. The molecule has 2 aliphatic rings. The van der Waals surface area contributed by atoms with E-state index in [0.29, 0.717) is 5.41 Å². The van der Waals surface area contributed by atoms with Crippen molar-refractivity contribution in [2.24, 2.45) is 5.41 Å². The van der Waals surface area contributed by atoms with E-state index in [-0.39, 0.29) is 0 Å². The van der Waals surface area contributed by atoms with Crippen molar-refractivity contribution in [3.05, 3.63) is 42.4 Å². The minimum absolute atomic E-state index is 0.509. The number of aromatic nitrogens is 1. The second-order valence-corrected chi connectivity index (χ2v) is 6.37. The van der Waals surface area contributed by atoms with Gasteiger partial charge in [-0.05, 0) is 31.3 Å². The zero-order valence-electron chi connectivity index (χ0n) is 12.2. The third kappa shape index (κ3) is 2.61. The summed E-state index contributed by atoms with van der Waals surface area (Å²) in [5, 5.41) is 3.50. The second kappa shape index (κ2) is 5.28. The van der Waals surface area contributed by atoms with E-state index in [4.69, 9.17) is 4.42 Å². The lowest BCUT2D eigenvalue weighted by Crippen LogP contribution is -2.29. The Labute approximate surface area is 125 Å². The lowest BCUT2D eigenvalue weighted by Gasteiger charge is -2.22. The molecule has 2 saturated heterocycles. The van der Waals surface area contributed by atoms with Gasteiger partial charge in [0, 0.05) is 18.7 Å². The Morgan fingerprint density at radius 1 is 1.24 bits per heavy atom. The first-order valence-electron chi connectivity index (χ1n) is 7.76. The van der Waals surface area contributed by atoms with Crippen molar-refractivity contribution in [1.29, 1.82) is 0 Å². The van der Waals surface area contributed by atoms with Crippen LogP contribution in [0.2, 0.25) is 0 Å². The van der Waals surface area contributed by atoms with Crippen molar-refractivity contribution < 1.29 is 4.42 Å². The molecule has 110 valence electrons. The zero-order chi connectivity index (χ0) is 14.1. The Morgan fingerprint density at radius 3 is 2.95 bits per heavy atom. The minimum atomic E-state index is 0.509. The average molecular weight is 283 g/mol. The SMILES string of the molecule is c1ccc(-c2cnc(CN3CCC4(CCNC4)C3)o2)cc1. The van der Waals surface area contributed by atoms with Crippen LogP contribution in [0, 0.1) is 5.41 Å². The number of nitrogens with zero attached hydrogens (tertiary/aromatic N) is 2. The van der Waals surface area contributed by atoms with Gasteiger partial charge in [0.15, 0.2) is 5.76 Å². The van der Waals surface area contributed by atoms with E-state index in [9.17, 15) is 0 Å². The predicted octanol–water partition coefficient (Wildman–Crippen LogP) is 2.53. The lowest BCUT2D eigenvalue weighted by molar-refractivity contribution is 0.248. The third-order valence-corrected chi connectivity index (χ3v) is 4.82. The molecule has 21 heavy (non-hydrogen) atoms. The molecular weight excluding hydrogens is 262 g/mol. The van der Waals surface area contributed by atoms with Crippen molar-refractivity contribution in [1.82, 2.24) is 15.2 Å². The Balaban J connectivity index is 1.43. The summed E-state index contributed by atoms with van der Waals surface area (Å²) in [5.41, 5.74) is 1.60. The van der Waals surface area contributed by atoms with Gasteiger partial charge < -0.3 is 9.73 Å². The number of oxazole rings is 1. The molecule has 1 aromatic carbocycles. The molecule has 0 bridgehead atoms. The first kappa shape index (κ1) is 13.0. The number of hydrogen-bond acceptors (Lipinski definition) is 4.